The predicted molar refractivity (Wildman–Crippen MR) is 134 cm³/mol. The Balaban J connectivity index is 0.00000145. The van der Waals surface area contributed by atoms with Gasteiger partial charge in [0.2, 0.25) is 0 Å². The highest BCUT2D eigenvalue weighted by Gasteiger charge is 2.21. The van der Waals surface area contributed by atoms with Crippen LogP contribution in [0.1, 0.15) is 35.7 Å². The predicted octanol–water partition coefficient (Wildman–Crippen LogP) is 3.66. The number of aliphatic carboxylic acids is 2. The molecule has 0 bridgehead atoms. The molecule has 3 rings (SSSR count). The standard InChI is InChI=1S/C24H24ClN3O5.CH2O2/c1-2-28(14-15-3-8-20-18(13-15)19(25)11-12-26-20)17-6-4-16(5-7-17)23(31)27-21(24(32)33)9-10-22(29)30;2-1-3/h3-8,11-13,21H,2,9-10,14H2,1H3,(H,27,31)(H,29,30)(H,32,33);1H,(H,2,3)/t21-;/m0./s1. The second-order valence-corrected chi connectivity index (χ2v) is 8.01. The third kappa shape index (κ3) is 7.95. The Kier molecular flexibility index (Phi) is 10.6. The summed E-state index contributed by atoms with van der Waals surface area (Å²) in [5.41, 5.74) is 3.07. The van der Waals surface area contributed by atoms with Crippen LogP contribution in [-0.4, -0.2) is 57.2 Å². The average molecular weight is 516 g/mol. The second kappa shape index (κ2) is 13.6. The molecule has 1 aromatic heterocycles. The first-order chi connectivity index (χ1) is 17.2. The van der Waals surface area contributed by atoms with Crippen LogP contribution in [0.3, 0.4) is 0 Å². The van der Waals surface area contributed by atoms with E-state index in [1.165, 1.54) is 0 Å². The lowest BCUT2D eigenvalue weighted by Crippen LogP contribution is -2.41. The van der Waals surface area contributed by atoms with Gasteiger partial charge in [-0.05, 0) is 61.4 Å². The number of carboxylic acid groups (broad SMARTS) is 3. The molecule has 1 atom stereocenters. The molecule has 190 valence electrons. The molecule has 0 aliphatic rings. The zero-order valence-electron chi connectivity index (χ0n) is 19.4. The second-order valence-electron chi connectivity index (χ2n) is 7.61. The van der Waals surface area contributed by atoms with E-state index < -0.39 is 23.9 Å². The Hall–Kier alpha value is -4.18. The van der Waals surface area contributed by atoms with Crippen LogP contribution >= 0.6 is 11.6 Å². The van der Waals surface area contributed by atoms with Crippen LogP contribution in [0.25, 0.3) is 10.9 Å². The van der Waals surface area contributed by atoms with Crippen molar-refractivity contribution in [2.24, 2.45) is 0 Å². The molecule has 3 aromatic rings. The van der Waals surface area contributed by atoms with Crippen LogP contribution in [0.5, 0.6) is 0 Å². The minimum atomic E-state index is -1.27. The molecule has 1 heterocycles. The fourth-order valence-corrected chi connectivity index (χ4v) is 3.66. The highest BCUT2D eigenvalue weighted by Crippen LogP contribution is 2.24. The zero-order chi connectivity index (χ0) is 26.7. The van der Waals surface area contributed by atoms with Crippen LogP contribution in [0.15, 0.2) is 54.7 Å². The van der Waals surface area contributed by atoms with E-state index in [2.05, 4.69) is 15.2 Å². The van der Waals surface area contributed by atoms with Crippen molar-refractivity contribution in [3.05, 3.63) is 70.9 Å². The number of carboxylic acids is 2. The summed E-state index contributed by atoms with van der Waals surface area (Å²) in [5, 5.41) is 28.8. The third-order valence-corrected chi connectivity index (χ3v) is 5.58. The Morgan fingerprint density at radius 3 is 2.36 bits per heavy atom. The fraction of sp³-hybridized carbons (Fsp3) is 0.240. The number of halogens is 1. The van der Waals surface area contributed by atoms with E-state index in [-0.39, 0.29) is 19.3 Å². The van der Waals surface area contributed by atoms with Crippen molar-refractivity contribution in [2.45, 2.75) is 32.4 Å². The van der Waals surface area contributed by atoms with E-state index in [9.17, 15) is 19.5 Å². The molecular formula is C25H26ClN3O7. The van der Waals surface area contributed by atoms with Gasteiger partial charge in [0.05, 0.1) is 10.5 Å². The Morgan fingerprint density at radius 2 is 1.78 bits per heavy atom. The Bertz CT molecular complexity index is 1220. The summed E-state index contributed by atoms with van der Waals surface area (Å²) in [6.07, 6.45) is 1.13. The SMILES string of the molecule is CCN(Cc1ccc2nccc(Cl)c2c1)c1ccc(C(=O)N[C@@H](CCC(=O)O)C(=O)O)cc1.O=CO. The molecule has 0 aliphatic heterocycles. The number of pyridine rings is 1. The molecule has 0 saturated heterocycles. The first-order valence-electron chi connectivity index (χ1n) is 10.9. The van der Waals surface area contributed by atoms with Crippen molar-refractivity contribution in [3.8, 4) is 0 Å². The first-order valence-corrected chi connectivity index (χ1v) is 11.3. The summed E-state index contributed by atoms with van der Waals surface area (Å²) in [7, 11) is 0. The van der Waals surface area contributed by atoms with Gasteiger partial charge >= 0.3 is 11.9 Å². The van der Waals surface area contributed by atoms with Gasteiger partial charge in [0.25, 0.3) is 12.4 Å². The third-order valence-electron chi connectivity index (χ3n) is 5.25. The average Bonchev–Trinajstić information content (AvgIpc) is 2.85. The maximum atomic E-state index is 12.4. The number of fused-ring (bicyclic) bond motifs is 1. The molecule has 0 fully saturated rings. The van der Waals surface area contributed by atoms with Crippen molar-refractivity contribution < 1.29 is 34.5 Å². The van der Waals surface area contributed by atoms with E-state index in [4.69, 9.17) is 26.6 Å². The lowest BCUT2D eigenvalue weighted by atomic mass is 10.1. The van der Waals surface area contributed by atoms with E-state index >= 15 is 0 Å². The number of hydrogen-bond donors (Lipinski definition) is 4. The molecule has 2 aromatic carbocycles. The number of nitrogens with zero attached hydrogens (tertiary/aromatic N) is 2. The van der Waals surface area contributed by atoms with Gasteiger partial charge in [0.15, 0.2) is 0 Å². The van der Waals surface area contributed by atoms with Crippen molar-refractivity contribution >= 4 is 52.5 Å². The van der Waals surface area contributed by atoms with Gasteiger partial charge in [-0.15, -0.1) is 0 Å². The summed E-state index contributed by atoms with van der Waals surface area (Å²) in [6, 6.07) is 13.2. The van der Waals surface area contributed by atoms with E-state index in [0.717, 1.165) is 28.7 Å². The number of anilines is 1. The van der Waals surface area contributed by atoms with Crippen LogP contribution in [0.2, 0.25) is 5.02 Å². The lowest BCUT2D eigenvalue weighted by Gasteiger charge is -2.24. The molecular weight excluding hydrogens is 490 g/mol. The molecule has 0 spiro atoms. The normalized spacial score (nSPS) is 11.1. The summed E-state index contributed by atoms with van der Waals surface area (Å²) in [6.45, 7) is 3.12. The van der Waals surface area contributed by atoms with Crippen LogP contribution in [-0.2, 0) is 20.9 Å². The number of hydrogen-bond acceptors (Lipinski definition) is 6. The van der Waals surface area contributed by atoms with E-state index in [0.29, 0.717) is 17.1 Å². The molecule has 4 N–H and O–H groups in total. The smallest absolute Gasteiger partial charge is 0.326 e. The van der Waals surface area contributed by atoms with E-state index in [1.54, 1.807) is 36.5 Å². The van der Waals surface area contributed by atoms with Crippen molar-refractivity contribution in [3.63, 3.8) is 0 Å². The molecule has 10 nitrogen and oxygen atoms in total. The minimum Gasteiger partial charge on any atom is -0.483 e. The number of carbonyl (C=O) groups excluding carboxylic acids is 1. The highest BCUT2D eigenvalue weighted by molar-refractivity contribution is 6.35. The van der Waals surface area contributed by atoms with Gasteiger partial charge < -0.3 is 25.5 Å². The molecule has 0 aliphatic carbocycles. The van der Waals surface area contributed by atoms with Crippen molar-refractivity contribution in [2.75, 3.05) is 11.4 Å². The van der Waals surface area contributed by atoms with Gasteiger partial charge in [-0.1, -0.05) is 17.7 Å². The quantitative estimate of drug-likeness (QED) is 0.296. The maximum Gasteiger partial charge on any atom is 0.326 e. The Labute approximate surface area is 212 Å². The van der Waals surface area contributed by atoms with Gasteiger partial charge in [-0.2, -0.15) is 0 Å². The lowest BCUT2D eigenvalue weighted by molar-refractivity contribution is -0.140. The fourth-order valence-electron chi connectivity index (χ4n) is 3.45. The van der Waals surface area contributed by atoms with Gasteiger partial charge in [0, 0.05) is 42.3 Å². The number of amides is 1. The van der Waals surface area contributed by atoms with Gasteiger partial charge in [0.1, 0.15) is 6.04 Å². The van der Waals surface area contributed by atoms with Gasteiger partial charge in [-0.3, -0.25) is 19.4 Å². The highest BCUT2D eigenvalue weighted by atomic mass is 35.5. The van der Waals surface area contributed by atoms with Crippen molar-refractivity contribution in [1.29, 1.82) is 0 Å². The maximum absolute atomic E-state index is 12.4. The molecule has 0 radical (unpaired) electrons. The van der Waals surface area contributed by atoms with Gasteiger partial charge in [-0.25, -0.2) is 4.79 Å². The largest absolute Gasteiger partial charge is 0.483 e. The summed E-state index contributed by atoms with van der Waals surface area (Å²) >= 11 is 6.30. The number of benzene rings is 2. The molecule has 0 saturated carbocycles. The summed E-state index contributed by atoms with van der Waals surface area (Å²) in [5.74, 6) is -2.97. The zero-order valence-corrected chi connectivity index (χ0v) is 20.2. The molecule has 0 unspecified atom stereocenters. The minimum absolute atomic E-state index is 0.191. The summed E-state index contributed by atoms with van der Waals surface area (Å²) in [4.78, 5) is 49.3. The number of carbonyl (C=O) groups is 4. The summed E-state index contributed by atoms with van der Waals surface area (Å²) < 4.78 is 0. The number of aromatic nitrogens is 1. The van der Waals surface area contributed by atoms with E-state index in [1.807, 2.05) is 25.1 Å². The monoisotopic (exact) mass is 515 g/mol. The van der Waals surface area contributed by atoms with Crippen LogP contribution in [0, 0.1) is 0 Å². The Morgan fingerprint density at radius 1 is 1.11 bits per heavy atom. The number of rotatable bonds is 10. The first kappa shape index (κ1) is 28.1. The number of nitrogens with one attached hydrogen (secondary N) is 1. The topological polar surface area (TPSA) is 157 Å². The van der Waals surface area contributed by atoms with Crippen LogP contribution in [0.4, 0.5) is 5.69 Å². The molecule has 36 heavy (non-hydrogen) atoms. The molecule has 1 amide bonds. The van der Waals surface area contributed by atoms with Crippen LogP contribution < -0.4 is 10.2 Å². The molecule has 11 heteroatoms. The van der Waals surface area contributed by atoms with Crippen molar-refractivity contribution in [1.82, 2.24) is 10.3 Å².